The van der Waals surface area contributed by atoms with E-state index in [1.165, 1.54) is 0 Å². The number of hydrogen-bond donors (Lipinski definition) is 1. The van der Waals surface area contributed by atoms with E-state index in [4.69, 9.17) is 36.5 Å². The van der Waals surface area contributed by atoms with E-state index in [1.54, 1.807) is 38.8 Å². The summed E-state index contributed by atoms with van der Waals surface area (Å²) in [5, 5.41) is 0.928. The highest BCUT2D eigenvalue weighted by Crippen LogP contribution is 2.29. The summed E-state index contributed by atoms with van der Waals surface area (Å²) in [6, 6.07) is 15.1. The lowest BCUT2D eigenvalue weighted by Gasteiger charge is -2.25. The van der Waals surface area contributed by atoms with Crippen molar-refractivity contribution < 1.29 is 23.8 Å². The molecule has 2 N–H and O–H groups in total. The van der Waals surface area contributed by atoms with Crippen molar-refractivity contribution in [1.82, 2.24) is 19.4 Å². The minimum Gasteiger partial charge on any atom is -0.476 e. The number of benzene rings is 2. The predicted octanol–water partition coefficient (Wildman–Crippen LogP) is 4.77. The van der Waals surface area contributed by atoms with Crippen molar-refractivity contribution in [2.24, 2.45) is 0 Å². The number of amides is 1. The van der Waals surface area contributed by atoms with Gasteiger partial charge in [-0.3, -0.25) is 4.79 Å². The van der Waals surface area contributed by atoms with Crippen LogP contribution >= 0.6 is 24.0 Å². The zero-order valence-corrected chi connectivity index (χ0v) is 25.8. The molecule has 0 spiro atoms. The third-order valence-electron chi connectivity index (χ3n) is 6.69. The number of alkyl halides is 1. The van der Waals surface area contributed by atoms with Crippen molar-refractivity contribution in [2.45, 2.75) is 45.9 Å². The number of carbonyl (C=O) groups is 2. The molecular weight excluding hydrogens is 581 g/mol. The molecule has 0 aliphatic rings. The zero-order chi connectivity index (χ0) is 29.6. The van der Waals surface area contributed by atoms with E-state index in [1.807, 2.05) is 42.5 Å². The largest absolute Gasteiger partial charge is 0.476 e. The van der Waals surface area contributed by atoms with Crippen LogP contribution in [-0.4, -0.2) is 69.7 Å². The lowest BCUT2D eigenvalue weighted by Crippen LogP contribution is -2.39. The molecule has 1 amide bonds. The van der Waals surface area contributed by atoms with Gasteiger partial charge in [0.1, 0.15) is 23.0 Å². The van der Waals surface area contributed by atoms with Crippen LogP contribution in [0.2, 0.25) is 0 Å². The molecular formula is C30H37Cl2N5O5. The number of nitrogen functional groups attached to an aromatic ring is 1. The number of esters is 1. The monoisotopic (exact) mass is 617 g/mol. The molecule has 0 fully saturated rings. The number of methoxy groups -OCH3 is 1. The quantitative estimate of drug-likeness (QED) is 0.168. The van der Waals surface area contributed by atoms with Crippen LogP contribution in [0.5, 0.6) is 5.75 Å². The van der Waals surface area contributed by atoms with Gasteiger partial charge < -0.3 is 29.4 Å². The second kappa shape index (κ2) is 14.5. The van der Waals surface area contributed by atoms with E-state index >= 15 is 0 Å². The first-order valence-corrected chi connectivity index (χ1v) is 14.0. The Morgan fingerprint density at radius 3 is 2.60 bits per heavy atom. The van der Waals surface area contributed by atoms with Crippen molar-refractivity contribution in [2.75, 3.05) is 38.5 Å². The Kier molecular flexibility index (Phi) is 11.4. The lowest BCUT2D eigenvalue weighted by molar-refractivity contribution is -0.158. The highest BCUT2D eigenvalue weighted by Gasteiger charge is 2.31. The molecule has 0 saturated carbocycles. The van der Waals surface area contributed by atoms with E-state index in [2.05, 4.69) is 9.55 Å². The summed E-state index contributed by atoms with van der Waals surface area (Å²) in [7, 11) is 1.64. The molecule has 4 rings (SSSR count). The maximum atomic E-state index is 13.0. The number of rotatable bonds is 13. The minimum atomic E-state index is -1.17. The van der Waals surface area contributed by atoms with Crippen molar-refractivity contribution in [3.05, 3.63) is 59.9 Å². The van der Waals surface area contributed by atoms with Gasteiger partial charge in [0.05, 0.1) is 24.2 Å². The van der Waals surface area contributed by atoms with Gasteiger partial charge >= 0.3 is 5.97 Å². The SMILES string of the molecule is CCOC(=O)C(C)(C)Oc1cccc(CN(CCn2c(CCOC)nc3c(N)nc4ccccc4c32)C(=O)CCl)c1.Cl. The number of imidazole rings is 1. The first-order chi connectivity index (χ1) is 19.7. The summed E-state index contributed by atoms with van der Waals surface area (Å²) in [5.74, 6) is 0.820. The van der Waals surface area contributed by atoms with Crippen molar-refractivity contribution in [3.63, 3.8) is 0 Å². The molecule has 10 nitrogen and oxygen atoms in total. The summed E-state index contributed by atoms with van der Waals surface area (Å²) >= 11 is 6.02. The fraction of sp³-hybridized carbons (Fsp3) is 0.400. The molecule has 0 atom stereocenters. The zero-order valence-electron chi connectivity index (χ0n) is 24.3. The van der Waals surface area contributed by atoms with Gasteiger partial charge in [-0.15, -0.1) is 24.0 Å². The van der Waals surface area contributed by atoms with Crippen LogP contribution in [0, 0.1) is 0 Å². The van der Waals surface area contributed by atoms with Crippen molar-refractivity contribution >= 4 is 63.6 Å². The Morgan fingerprint density at radius 1 is 1.12 bits per heavy atom. The molecule has 0 unspecified atom stereocenters. The highest BCUT2D eigenvalue weighted by molar-refractivity contribution is 6.27. The molecule has 4 aromatic rings. The Bertz CT molecular complexity index is 1540. The number of nitrogens with two attached hydrogens (primary N) is 1. The number of nitrogens with zero attached hydrogens (tertiary/aromatic N) is 4. The van der Waals surface area contributed by atoms with E-state index in [-0.39, 0.29) is 30.8 Å². The molecule has 0 aliphatic heterocycles. The standard InChI is InChI=1S/C30H36ClN5O5.ClH/c1-5-40-29(38)30(2,3)41-21-10-8-9-20(17-21)19-35(25(37)18-31)14-15-36-24(13-16-39-4)34-26-27(36)22-11-6-7-12-23(22)33-28(26)32;/h6-12,17H,5,13-16,18-19H2,1-4H3,(H2,32,33);1H. The Labute approximate surface area is 256 Å². The lowest BCUT2D eigenvalue weighted by atomic mass is 10.1. The smallest absolute Gasteiger partial charge is 0.349 e. The molecule has 2 heterocycles. The fourth-order valence-corrected chi connectivity index (χ4v) is 4.87. The second-order valence-electron chi connectivity index (χ2n) is 10.1. The van der Waals surface area contributed by atoms with Gasteiger partial charge in [0, 0.05) is 38.6 Å². The van der Waals surface area contributed by atoms with Gasteiger partial charge in [-0.1, -0.05) is 30.3 Å². The molecule has 0 saturated heterocycles. The second-order valence-corrected chi connectivity index (χ2v) is 10.3. The van der Waals surface area contributed by atoms with Gasteiger partial charge in [-0.2, -0.15) is 0 Å². The van der Waals surface area contributed by atoms with Crippen LogP contribution in [0.3, 0.4) is 0 Å². The third-order valence-corrected chi connectivity index (χ3v) is 6.92. The van der Waals surface area contributed by atoms with Crippen LogP contribution in [0.4, 0.5) is 5.82 Å². The summed E-state index contributed by atoms with van der Waals surface area (Å²) in [6.07, 6.45) is 0.567. The van der Waals surface area contributed by atoms with E-state index in [9.17, 15) is 9.59 Å². The number of ether oxygens (including phenoxy) is 3. The van der Waals surface area contributed by atoms with Crippen LogP contribution in [0.15, 0.2) is 48.5 Å². The van der Waals surface area contributed by atoms with Crippen LogP contribution in [0.1, 0.15) is 32.2 Å². The summed E-state index contributed by atoms with van der Waals surface area (Å²) in [6.45, 7) is 6.93. The maximum Gasteiger partial charge on any atom is 0.349 e. The fourth-order valence-electron chi connectivity index (χ4n) is 4.70. The predicted molar refractivity (Wildman–Crippen MR) is 166 cm³/mol. The Morgan fingerprint density at radius 2 is 1.88 bits per heavy atom. The van der Waals surface area contributed by atoms with Gasteiger partial charge in [0.2, 0.25) is 5.91 Å². The van der Waals surface area contributed by atoms with Gasteiger partial charge in [-0.05, 0) is 44.5 Å². The number of pyridine rings is 1. The van der Waals surface area contributed by atoms with Crippen LogP contribution in [0.25, 0.3) is 21.9 Å². The third kappa shape index (κ3) is 7.42. The normalized spacial score (nSPS) is 11.4. The summed E-state index contributed by atoms with van der Waals surface area (Å²) < 4.78 is 18.5. The number of fused-ring (bicyclic) bond motifs is 3. The molecule has 2 aromatic heterocycles. The highest BCUT2D eigenvalue weighted by atomic mass is 35.5. The summed E-state index contributed by atoms with van der Waals surface area (Å²) in [4.78, 5) is 36.3. The van der Waals surface area contributed by atoms with Crippen LogP contribution < -0.4 is 10.5 Å². The number of aromatic nitrogens is 3. The van der Waals surface area contributed by atoms with E-state index in [0.29, 0.717) is 49.7 Å². The minimum absolute atomic E-state index is 0. The topological polar surface area (TPSA) is 122 Å². The maximum absolute atomic E-state index is 13.0. The first kappa shape index (κ1) is 32.9. The Balaban J connectivity index is 0.00000484. The van der Waals surface area contributed by atoms with E-state index < -0.39 is 11.6 Å². The van der Waals surface area contributed by atoms with E-state index in [0.717, 1.165) is 27.8 Å². The Hall–Kier alpha value is -3.60. The average molecular weight is 619 g/mol. The number of halogens is 2. The summed E-state index contributed by atoms with van der Waals surface area (Å²) in [5.41, 5.74) is 8.24. The molecule has 12 heteroatoms. The number of hydrogen-bond acceptors (Lipinski definition) is 8. The van der Waals surface area contributed by atoms with Crippen molar-refractivity contribution in [1.29, 1.82) is 0 Å². The molecule has 42 heavy (non-hydrogen) atoms. The number of carbonyl (C=O) groups excluding carboxylic acids is 2. The first-order valence-electron chi connectivity index (χ1n) is 13.5. The van der Waals surface area contributed by atoms with Gasteiger partial charge in [0.15, 0.2) is 11.4 Å². The average Bonchev–Trinajstić information content (AvgIpc) is 3.33. The van der Waals surface area contributed by atoms with Gasteiger partial charge in [0.25, 0.3) is 0 Å². The molecule has 2 aromatic carbocycles. The number of para-hydroxylation sites is 1. The molecule has 0 aliphatic carbocycles. The molecule has 0 radical (unpaired) electrons. The van der Waals surface area contributed by atoms with Crippen LogP contribution in [-0.2, 0) is 38.6 Å². The number of anilines is 1. The van der Waals surface area contributed by atoms with Gasteiger partial charge in [-0.25, -0.2) is 14.8 Å². The molecule has 0 bridgehead atoms. The molecule has 226 valence electrons. The van der Waals surface area contributed by atoms with Crippen molar-refractivity contribution in [3.8, 4) is 5.75 Å².